The molecule has 1 aliphatic heterocycles. The number of carbonyl (C=O) groups is 1. The first-order chi connectivity index (χ1) is 12.6. The molecule has 0 aliphatic carbocycles. The van der Waals surface area contributed by atoms with Crippen molar-refractivity contribution >= 4 is 5.91 Å². The number of hydrogen-bond donors (Lipinski definition) is 1. The molecule has 6 nitrogen and oxygen atoms in total. The van der Waals surface area contributed by atoms with Gasteiger partial charge < -0.3 is 14.8 Å². The van der Waals surface area contributed by atoms with Crippen LogP contribution < -0.4 is 5.32 Å². The molecular weight excluding hydrogens is 330 g/mol. The van der Waals surface area contributed by atoms with E-state index in [9.17, 15) is 4.79 Å². The highest BCUT2D eigenvalue weighted by atomic mass is 16.5. The SMILES string of the molecule is CCO[C@@H]1COCC[C@H]1NC(=O)Cc1c(C)nn(-c2ccccc2)c1C. The van der Waals surface area contributed by atoms with Gasteiger partial charge in [-0.05, 0) is 39.3 Å². The van der Waals surface area contributed by atoms with Crippen LogP contribution in [0.25, 0.3) is 5.69 Å². The van der Waals surface area contributed by atoms with Crippen LogP contribution >= 0.6 is 0 Å². The average molecular weight is 357 g/mol. The minimum absolute atomic E-state index is 0.000384. The number of ether oxygens (including phenoxy) is 2. The van der Waals surface area contributed by atoms with E-state index in [1.807, 2.05) is 55.8 Å². The summed E-state index contributed by atoms with van der Waals surface area (Å²) >= 11 is 0. The van der Waals surface area contributed by atoms with E-state index in [0.29, 0.717) is 26.2 Å². The Balaban J connectivity index is 1.70. The summed E-state index contributed by atoms with van der Waals surface area (Å²) in [4.78, 5) is 12.6. The molecule has 1 fully saturated rings. The van der Waals surface area contributed by atoms with Crippen LogP contribution in [0.15, 0.2) is 30.3 Å². The van der Waals surface area contributed by atoms with Gasteiger partial charge in [0, 0.05) is 24.5 Å². The Morgan fingerprint density at radius 2 is 2.12 bits per heavy atom. The van der Waals surface area contributed by atoms with Crippen LogP contribution in [-0.2, 0) is 20.7 Å². The summed E-state index contributed by atoms with van der Waals surface area (Å²) < 4.78 is 13.1. The third kappa shape index (κ3) is 4.14. The van der Waals surface area contributed by atoms with Gasteiger partial charge in [-0.25, -0.2) is 4.68 Å². The van der Waals surface area contributed by atoms with Gasteiger partial charge in [0.25, 0.3) is 0 Å². The van der Waals surface area contributed by atoms with E-state index in [0.717, 1.165) is 29.1 Å². The Hall–Kier alpha value is -2.18. The molecule has 3 rings (SSSR count). The largest absolute Gasteiger partial charge is 0.379 e. The minimum Gasteiger partial charge on any atom is -0.379 e. The molecule has 26 heavy (non-hydrogen) atoms. The number of nitrogens with one attached hydrogen (secondary N) is 1. The molecule has 0 unspecified atom stereocenters. The second-order valence-electron chi connectivity index (χ2n) is 6.60. The lowest BCUT2D eigenvalue weighted by Gasteiger charge is -2.31. The summed E-state index contributed by atoms with van der Waals surface area (Å²) in [5.41, 5.74) is 3.86. The quantitative estimate of drug-likeness (QED) is 0.862. The van der Waals surface area contributed by atoms with Crippen LogP contribution in [0, 0.1) is 13.8 Å². The Morgan fingerprint density at radius 1 is 1.35 bits per heavy atom. The van der Waals surface area contributed by atoms with Crippen LogP contribution in [0.3, 0.4) is 0 Å². The lowest BCUT2D eigenvalue weighted by molar-refractivity contribution is -0.125. The molecule has 1 aromatic carbocycles. The van der Waals surface area contributed by atoms with Gasteiger partial charge >= 0.3 is 0 Å². The highest BCUT2D eigenvalue weighted by molar-refractivity contribution is 5.79. The van der Waals surface area contributed by atoms with E-state index < -0.39 is 0 Å². The molecule has 1 aliphatic rings. The fourth-order valence-corrected chi connectivity index (χ4v) is 3.43. The van der Waals surface area contributed by atoms with Crippen LogP contribution in [0.5, 0.6) is 0 Å². The summed E-state index contributed by atoms with van der Waals surface area (Å²) in [5.74, 6) is 0.000384. The van der Waals surface area contributed by atoms with Crippen molar-refractivity contribution in [2.75, 3.05) is 19.8 Å². The number of benzene rings is 1. The smallest absolute Gasteiger partial charge is 0.224 e. The molecular formula is C20H27N3O3. The van der Waals surface area contributed by atoms with E-state index >= 15 is 0 Å². The second kappa shape index (κ2) is 8.47. The topological polar surface area (TPSA) is 65.4 Å². The van der Waals surface area contributed by atoms with Crippen LogP contribution in [0.1, 0.15) is 30.3 Å². The maximum absolute atomic E-state index is 12.6. The molecule has 140 valence electrons. The summed E-state index contributed by atoms with van der Waals surface area (Å²) in [5, 5.41) is 7.74. The van der Waals surface area contributed by atoms with Crippen molar-refractivity contribution in [1.29, 1.82) is 0 Å². The number of carbonyl (C=O) groups excluding carboxylic acids is 1. The summed E-state index contributed by atoms with van der Waals surface area (Å²) in [6.45, 7) is 7.71. The predicted octanol–water partition coefficient (Wildman–Crippen LogP) is 2.34. The number of rotatable bonds is 6. The first kappa shape index (κ1) is 18.6. The summed E-state index contributed by atoms with van der Waals surface area (Å²) in [6, 6.07) is 9.97. The van der Waals surface area contributed by atoms with Gasteiger partial charge in [-0.3, -0.25) is 4.79 Å². The number of aromatic nitrogens is 2. The van der Waals surface area contributed by atoms with Crippen molar-refractivity contribution in [2.24, 2.45) is 0 Å². The zero-order valence-corrected chi connectivity index (χ0v) is 15.7. The maximum atomic E-state index is 12.6. The van der Waals surface area contributed by atoms with Crippen molar-refractivity contribution in [3.8, 4) is 5.69 Å². The number of amides is 1. The molecule has 1 aromatic heterocycles. The number of nitrogens with zero attached hydrogens (tertiary/aromatic N) is 2. The molecule has 0 bridgehead atoms. The van der Waals surface area contributed by atoms with Crippen molar-refractivity contribution in [3.63, 3.8) is 0 Å². The third-order valence-electron chi connectivity index (χ3n) is 4.81. The van der Waals surface area contributed by atoms with Gasteiger partial charge in [0.15, 0.2) is 0 Å². The minimum atomic E-state index is -0.0769. The third-order valence-corrected chi connectivity index (χ3v) is 4.81. The van der Waals surface area contributed by atoms with Crippen molar-refractivity contribution in [1.82, 2.24) is 15.1 Å². The number of aryl methyl sites for hydroxylation is 1. The summed E-state index contributed by atoms with van der Waals surface area (Å²) in [7, 11) is 0. The average Bonchev–Trinajstić information content (AvgIpc) is 2.92. The maximum Gasteiger partial charge on any atom is 0.224 e. The van der Waals surface area contributed by atoms with Crippen LogP contribution in [-0.4, -0.2) is 47.7 Å². The van der Waals surface area contributed by atoms with Crippen molar-refractivity contribution in [3.05, 3.63) is 47.3 Å². The Morgan fingerprint density at radius 3 is 2.85 bits per heavy atom. The van der Waals surface area contributed by atoms with E-state index in [2.05, 4.69) is 10.4 Å². The molecule has 6 heteroatoms. The van der Waals surface area contributed by atoms with E-state index in [1.165, 1.54) is 0 Å². The lowest BCUT2D eigenvalue weighted by Crippen LogP contribution is -2.50. The highest BCUT2D eigenvalue weighted by Gasteiger charge is 2.28. The number of para-hydroxylation sites is 1. The fraction of sp³-hybridized carbons (Fsp3) is 0.500. The molecule has 1 amide bonds. The molecule has 1 N–H and O–H groups in total. The van der Waals surface area contributed by atoms with Crippen molar-refractivity contribution in [2.45, 2.75) is 45.8 Å². The van der Waals surface area contributed by atoms with Gasteiger partial charge in [0.2, 0.25) is 5.91 Å². The van der Waals surface area contributed by atoms with E-state index in [4.69, 9.17) is 9.47 Å². The Bertz CT molecular complexity index is 740. The standard InChI is InChI=1S/C20H27N3O3/c1-4-26-19-13-25-11-10-18(19)21-20(24)12-17-14(2)22-23(15(17)3)16-8-6-5-7-9-16/h5-9,18-19H,4,10-13H2,1-3H3,(H,21,24)/t18-,19-/m1/s1. The molecule has 2 atom stereocenters. The molecule has 0 spiro atoms. The van der Waals surface area contributed by atoms with Crippen LogP contribution in [0.2, 0.25) is 0 Å². The first-order valence-electron chi connectivity index (χ1n) is 9.19. The Labute approximate surface area is 154 Å². The Kier molecular flexibility index (Phi) is 6.06. The lowest BCUT2D eigenvalue weighted by atomic mass is 10.0. The van der Waals surface area contributed by atoms with E-state index in [-0.39, 0.29) is 18.1 Å². The summed E-state index contributed by atoms with van der Waals surface area (Å²) in [6.07, 6.45) is 1.02. The molecule has 0 radical (unpaired) electrons. The van der Waals surface area contributed by atoms with E-state index in [1.54, 1.807) is 0 Å². The predicted molar refractivity (Wildman–Crippen MR) is 99.5 cm³/mol. The second-order valence-corrected chi connectivity index (χ2v) is 6.60. The normalized spacial score (nSPS) is 20.1. The monoisotopic (exact) mass is 357 g/mol. The van der Waals surface area contributed by atoms with Gasteiger partial charge in [0.1, 0.15) is 6.10 Å². The molecule has 2 aromatic rings. The highest BCUT2D eigenvalue weighted by Crippen LogP contribution is 2.19. The number of hydrogen-bond acceptors (Lipinski definition) is 4. The van der Waals surface area contributed by atoms with Gasteiger partial charge in [-0.15, -0.1) is 0 Å². The first-order valence-corrected chi connectivity index (χ1v) is 9.19. The molecule has 1 saturated heterocycles. The molecule has 2 heterocycles. The van der Waals surface area contributed by atoms with Gasteiger partial charge in [-0.2, -0.15) is 5.10 Å². The van der Waals surface area contributed by atoms with Crippen LogP contribution in [0.4, 0.5) is 0 Å². The fourth-order valence-electron chi connectivity index (χ4n) is 3.43. The zero-order valence-electron chi connectivity index (χ0n) is 15.7. The molecule has 0 saturated carbocycles. The van der Waals surface area contributed by atoms with Gasteiger partial charge in [0.05, 0.1) is 30.5 Å². The van der Waals surface area contributed by atoms with Gasteiger partial charge in [-0.1, -0.05) is 18.2 Å². The zero-order chi connectivity index (χ0) is 18.5. The van der Waals surface area contributed by atoms with Crippen molar-refractivity contribution < 1.29 is 14.3 Å².